The molecule has 6 heteroatoms. The van der Waals surface area contributed by atoms with E-state index in [-0.39, 0.29) is 0 Å². The third kappa shape index (κ3) is 5.03. The summed E-state index contributed by atoms with van der Waals surface area (Å²) >= 11 is 0. The molecular weight excluding hydrogens is 254 g/mol. The molecule has 104 valence electrons. The minimum Gasteiger partial charge on any atom is -0.443 e. The first-order valence-corrected chi connectivity index (χ1v) is 5.68. The van der Waals surface area contributed by atoms with Crippen molar-refractivity contribution in [3.63, 3.8) is 0 Å². The second-order valence-corrected chi connectivity index (χ2v) is 4.94. The van der Waals surface area contributed by atoms with E-state index < -0.39 is 23.3 Å². The maximum absolute atomic E-state index is 13.0. The molecule has 0 fully saturated rings. The van der Waals surface area contributed by atoms with Crippen molar-refractivity contribution in [1.82, 2.24) is 5.43 Å². The number of hydrogen-bond donors (Lipinski definition) is 1. The summed E-state index contributed by atoms with van der Waals surface area (Å²) in [6.07, 6.45) is -0.713. The second kappa shape index (κ2) is 5.77. The Kier molecular flexibility index (Phi) is 4.58. The van der Waals surface area contributed by atoms with Crippen LogP contribution in [0.4, 0.5) is 13.6 Å². The molecule has 1 amide bonds. The number of nitrogens with one attached hydrogen (secondary N) is 1. The lowest BCUT2D eigenvalue weighted by Gasteiger charge is -2.18. The van der Waals surface area contributed by atoms with Crippen LogP contribution in [-0.2, 0) is 4.74 Å². The minimum absolute atomic E-state index is 0.338. The highest BCUT2D eigenvalue weighted by atomic mass is 19.2. The van der Waals surface area contributed by atoms with Gasteiger partial charge in [0.2, 0.25) is 0 Å². The molecule has 1 rings (SSSR count). The molecule has 0 aromatic heterocycles. The molecule has 0 unspecified atom stereocenters. The Hall–Kier alpha value is -1.98. The summed E-state index contributed by atoms with van der Waals surface area (Å²) in [6.45, 7) is 6.72. The van der Waals surface area contributed by atoms with E-state index in [1.54, 1.807) is 27.7 Å². The summed E-state index contributed by atoms with van der Waals surface area (Å²) in [6, 6.07) is 3.37. The van der Waals surface area contributed by atoms with Gasteiger partial charge in [0.25, 0.3) is 0 Å². The van der Waals surface area contributed by atoms with E-state index >= 15 is 0 Å². The van der Waals surface area contributed by atoms with Gasteiger partial charge in [-0.3, -0.25) is 0 Å². The highest BCUT2D eigenvalue weighted by molar-refractivity contribution is 5.99. The van der Waals surface area contributed by atoms with Gasteiger partial charge in [-0.1, -0.05) is 0 Å². The monoisotopic (exact) mass is 270 g/mol. The molecule has 1 aromatic carbocycles. The lowest BCUT2D eigenvalue weighted by molar-refractivity contribution is 0.0529. The predicted molar refractivity (Wildman–Crippen MR) is 67.9 cm³/mol. The largest absolute Gasteiger partial charge is 0.443 e. The number of carbonyl (C=O) groups excluding carboxylic acids is 1. The van der Waals surface area contributed by atoms with Crippen molar-refractivity contribution in [3.8, 4) is 0 Å². The van der Waals surface area contributed by atoms with Crippen LogP contribution in [0.25, 0.3) is 0 Å². The number of hydrogen-bond acceptors (Lipinski definition) is 3. The second-order valence-electron chi connectivity index (χ2n) is 4.94. The quantitative estimate of drug-likeness (QED) is 0.662. The zero-order valence-corrected chi connectivity index (χ0v) is 11.3. The zero-order valence-electron chi connectivity index (χ0n) is 11.3. The van der Waals surface area contributed by atoms with E-state index in [4.69, 9.17) is 4.74 Å². The van der Waals surface area contributed by atoms with Gasteiger partial charge in [0.15, 0.2) is 11.6 Å². The van der Waals surface area contributed by atoms with E-state index in [9.17, 15) is 13.6 Å². The topological polar surface area (TPSA) is 50.7 Å². The molecule has 4 nitrogen and oxygen atoms in total. The van der Waals surface area contributed by atoms with E-state index in [0.717, 1.165) is 12.1 Å². The van der Waals surface area contributed by atoms with Crippen LogP contribution in [0.3, 0.4) is 0 Å². The van der Waals surface area contributed by atoms with Crippen LogP contribution in [-0.4, -0.2) is 17.4 Å². The molecule has 0 heterocycles. The standard InChI is InChI=1S/C13H16F2N2O2/c1-8(9-5-6-10(14)11(15)7-9)16-17-12(18)19-13(2,3)4/h5-7H,1-4H3,(H,17,18)/b16-8+. The van der Waals surface area contributed by atoms with Gasteiger partial charge in [0.1, 0.15) is 5.60 Å². The Morgan fingerprint density at radius 1 is 1.26 bits per heavy atom. The summed E-state index contributed by atoms with van der Waals surface area (Å²) in [5, 5.41) is 3.75. The van der Waals surface area contributed by atoms with Crippen LogP contribution in [0.5, 0.6) is 0 Å². The summed E-state index contributed by atoms with van der Waals surface area (Å²) in [7, 11) is 0. The van der Waals surface area contributed by atoms with Crippen molar-refractivity contribution >= 4 is 11.8 Å². The average molecular weight is 270 g/mol. The van der Waals surface area contributed by atoms with Gasteiger partial charge < -0.3 is 4.74 Å². The average Bonchev–Trinajstić information content (AvgIpc) is 2.27. The smallest absolute Gasteiger partial charge is 0.428 e. The summed E-state index contributed by atoms with van der Waals surface area (Å²) in [5.74, 6) is -1.90. The molecule has 0 aliphatic heterocycles. The lowest BCUT2D eigenvalue weighted by Crippen LogP contribution is -2.30. The van der Waals surface area contributed by atoms with Gasteiger partial charge >= 0.3 is 6.09 Å². The first-order chi connectivity index (χ1) is 8.69. The van der Waals surface area contributed by atoms with Gasteiger partial charge in [-0.15, -0.1) is 0 Å². The third-order valence-corrected chi connectivity index (χ3v) is 2.05. The number of benzene rings is 1. The molecule has 0 spiro atoms. The van der Waals surface area contributed by atoms with E-state index in [1.807, 2.05) is 0 Å². The SMILES string of the molecule is C/C(=N\NC(=O)OC(C)(C)C)c1ccc(F)c(F)c1. The van der Waals surface area contributed by atoms with Gasteiger partial charge in [0, 0.05) is 5.56 Å². The van der Waals surface area contributed by atoms with Gasteiger partial charge in [-0.05, 0) is 45.9 Å². The minimum atomic E-state index is -0.968. The molecular formula is C13H16F2N2O2. The molecule has 0 atom stereocenters. The van der Waals surface area contributed by atoms with E-state index in [2.05, 4.69) is 10.5 Å². The fourth-order valence-electron chi connectivity index (χ4n) is 1.22. The molecule has 0 aliphatic carbocycles. The third-order valence-electron chi connectivity index (χ3n) is 2.05. The van der Waals surface area contributed by atoms with Gasteiger partial charge in [-0.2, -0.15) is 5.10 Å². The molecule has 1 aromatic rings. The Morgan fingerprint density at radius 2 is 1.89 bits per heavy atom. The van der Waals surface area contributed by atoms with Gasteiger partial charge in [0.05, 0.1) is 5.71 Å². The van der Waals surface area contributed by atoms with E-state index in [0.29, 0.717) is 11.3 Å². The van der Waals surface area contributed by atoms with Crippen LogP contribution in [0, 0.1) is 11.6 Å². The fraction of sp³-hybridized carbons (Fsp3) is 0.385. The van der Waals surface area contributed by atoms with Crippen molar-refractivity contribution in [2.75, 3.05) is 0 Å². The summed E-state index contributed by atoms with van der Waals surface area (Å²) in [5.41, 5.74) is 2.26. The summed E-state index contributed by atoms with van der Waals surface area (Å²) < 4.78 is 30.8. The number of rotatable bonds is 2. The maximum Gasteiger partial charge on any atom is 0.428 e. The van der Waals surface area contributed by atoms with Crippen LogP contribution in [0.15, 0.2) is 23.3 Å². The number of ether oxygens (including phenoxy) is 1. The Labute approximate surface area is 110 Å². The number of carbonyl (C=O) groups is 1. The molecule has 19 heavy (non-hydrogen) atoms. The first-order valence-electron chi connectivity index (χ1n) is 5.68. The molecule has 0 saturated carbocycles. The fourth-order valence-corrected chi connectivity index (χ4v) is 1.22. The Morgan fingerprint density at radius 3 is 2.42 bits per heavy atom. The maximum atomic E-state index is 13.0. The highest BCUT2D eigenvalue weighted by Crippen LogP contribution is 2.10. The zero-order chi connectivity index (χ0) is 14.6. The van der Waals surface area contributed by atoms with Crippen molar-refractivity contribution in [2.24, 2.45) is 5.10 Å². The molecule has 0 radical (unpaired) electrons. The summed E-state index contributed by atoms with van der Waals surface area (Å²) in [4.78, 5) is 11.3. The first kappa shape index (κ1) is 15.1. The van der Waals surface area contributed by atoms with Crippen molar-refractivity contribution in [2.45, 2.75) is 33.3 Å². The molecule has 0 bridgehead atoms. The number of halogens is 2. The van der Waals surface area contributed by atoms with E-state index in [1.165, 1.54) is 6.07 Å². The molecule has 0 saturated heterocycles. The van der Waals surface area contributed by atoms with Crippen molar-refractivity contribution < 1.29 is 18.3 Å². The van der Waals surface area contributed by atoms with Crippen molar-refractivity contribution in [1.29, 1.82) is 0 Å². The number of nitrogens with zero attached hydrogens (tertiary/aromatic N) is 1. The van der Waals surface area contributed by atoms with Crippen LogP contribution >= 0.6 is 0 Å². The molecule has 1 N–H and O–H groups in total. The predicted octanol–water partition coefficient (Wildman–Crippen LogP) is 3.21. The number of hydrazone groups is 1. The van der Waals surface area contributed by atoms with Crippen LogP contribution < -0.4 is 5.43 Å². The highest BCUT2D eigenvalue weighted by Gasteiger charge is 2.15. The normalized spacial score (nSPS) is 12.2. The molecule has 0 aliphatic rings. The van der Waals surface area contributed by atoms with Gasteiger partial charge in [-0.25, -0.2) is 19.0 Å². The lowest BCUT2D eigenvalue weighted by atomic mass is 10.1. The van der Waals surface area contributed by atoms with Crippen LogP contribution in [0.1, 0.15) is 33.3 Å². The Bertz CT molecular complexity index is 508. The Balaban J connectivity index is 2.72. The van der Waals surface area contributed by atoms with Crippen LogP contribution in [0.2, 0.25) is 0 Å². The number of amides is 1. The van der Waals surface area contributed by atoms with Crippen molar-refractivity contribution in [3.05, 3.63) is 35.4 Å².